The molecule has 0 aromatic carbocycles. The molecule has 1 aliphatic heterocycles. The van der Waals surface area contributed by atoms with E-state index in [1.165, 1.54) is 29.2 Å². The van der Waals surface area contributed by atoms with Gasteiger partial charge in [-0.2, -0.15) is 4.98 Å². The molecular weight excluding hydrogens is 391 g/mol. The number of hydrogen-bond donors (Lipinski definition) is 0. The van der Waals surface area contributed by atoms with Crippen molar-refractivity contribution in [2.24, 2.45) is 18.9 Å². The second kappa shape index (κ2) is 6.18. The van der Waals surface area contributed by atoms with Crippen LogP contribution in [0.3, 0.4) is 0 Å². The summed E-state index contributed by atoms with van der Waals surface area (Å²) in [5, 5.41) is 4.13. The molecule has 6 rings (SSSR count). The second-order valence-electron chi connectivity index (χ2n) is 7.84. The minimum atomic E-state index is -0.283. The van der Waals surface area contributed by atoms with Gasteiger partial charge in [0.25, 0.3) is 5.56 Å². The maximum absolute atomic E-state index is 13.4. The molecular formula is C19H17FN8O2. The predicted octanol–water partition coefficient (Wildman–Crippen LogP) is 0.945. The molecule has 5 heterocycles. The van der Waals surface area contributed by atoms with E-state index in [2.05, 4.69) is 30.0 Å². The molecule has 0 N–H and O–H groups in total. The Morgan fingerprint density at radius 1 is 1.20 bits per heavy atom. The molecule has 0 bridgehead atoms. The highest BCUT2D eigenvalue weighted by Gasteiger charge is 2.58. The first-order chi connectivity index (χ1) is 14.6. The summed E-state index contributed by atoms with van der Waals surface area (Å²) in [7, 11) is 1.75. The lowest BCUT2D eigenvalue weighted by atomic mass is 10.2. The zero-order valence-electron chi connectivity index (χ0n) is 16.0. The summed E-state index contributed by atoms with van der Waals surface area (Å²) in [5.74, 6) is 2.42. The number of pyridine rings is 1. The van der Waals surface area contributed by atoms with Gasteiger partial charge in [0, 0.05) is 38.3 Å². The Bertz CT molecular complexity index is 1320. The van der Waals surface area contributed by atoms with Gasteiger partial charge in [0.15, 0.2) is 17.0 Å². The number of halogens is 1. The fraction of sp³-hybridized carbons (Fsp3) is 0.368. The van der Waals surface area contributed by atoms with Gasteiger partial charge in [-0.05, 0) is 17.9 Å². The first kappa shape index (κ1) is 17.2. The Labute approximate surface area is 169 Å². The van der Waals surface area contributed by atoms with Crippen LogP contribution in [0, 0.1) is 17.7 Å². The van der Waals surface area contributed by atoms with Crippen molar-refractivity contribution in [3.63, 3.8) is 0 Å². The number of aryl methyl sites for hydroxylation is 1. The summed E-state index contributed by atoms with van der Waals surface area (Å²) in [6.07, 6.45) is 4.48. The Hall–Kier alpha value is -3.63. The van der Waals surface area contributed by atoms with Crippen LogP contribution >= 0.6 is 0 Å². The molecule has 4 aromatic rings. The molecule has 1 aliphatic carbocycles. The minimum absolute atomic E-state index is 0.154. The van der Waals surface area contributed by atoms with Crippen molar-refractivity contribution in [3.05, 3.63) is 58.9 Å². The zero-order chi connectivity index (χ0) is 20.4. The molecule has 3 atom stereocenters. The van der Waals surface area contributed by atoms with E-state index in [0.29, 0.717) is 40.5 Å². The Balaban J connectivity index is 1.17. The van der Waals surface area contributed by atoms with Gasteiger partial charge in [0.05, 0.1) is 6.33 Å². The molecule has 10 nitrogen and oxygen atoms in total. The fourth-order valence-corrected chi connectivity index (χ4v) is 4.46. The lowest BCUT2D eigenvalue weighted by molar-refractivity contribution is 0.363. The molecule has 2 aliphatic rings. The average Bonchev–Trinajstić information content (AvgIpc) is 3.16. The molecule has 0 unspecified atom stereocenters. The quantitative estimate of drug-likeness (QED) is 0.491. The SMILES string of the molecule is Cn1cnc2ncn(Cc3nc([C@H]4[C@@H]5CN(c6cc(F)ccn6)C[C@@H]54)no3)c(=O)c21. The third kappa shape index (κ3) is 2.61. The van der Waals surface area contributed by atoms with Crippen LogP contribution in [0.5, 0.6) is 0 Å². The van der Waals surface area contributed by atoms with Gasteiger partial charge in [-0.3, -0.25) is 9.36 Å². The Morgan fingerprint density at radius 3 is 2.80 bits per heavy atom. The van der Waals surface area contributed by atoms with Crippen molar-refractivity contribution in [1.29, 1.82) is 0 Å². The summed E-state index contributed by atoms with van der Waals surface area (Å²) < 4.78 is 21.9. The third-order valence-corrected chi connectivity index (χ3v) is 6.01. The van der Waals surface area contributed by atoms with E-state index in [-0.39, 0.29) is 23.8 Å². The van der Waals surface area contributed by atoms with E-state index in [4.69, 9.17) is 4.52 Å². The number of rotatable bonds is 4. The molecule has 1 saturated carbocycles. The number of hydrogen-bond acceptors (Lipinski definition) is 8. The summed E-state index contributed by atoms with van der Waals surface area (Å²) in [4.78, 5) is 31.8. The summed E-state index contributed by atoms with van der Waals surface area (Å²) in [6, 6.07) is 2.80. The largest absolute Gasteiger partial charge is 0.356 e. The van der Waals surface area contributed by atoms with Gasteiger partial charge < -0.3 is 14.0 Å². The van der Waals surface area contributed by atoms with Crippen molar-refractivity contribution < 1.29 is 8.91 Å². The number of aromatic nitrogens is 7. The lowest BCUT2D eigenvalue weighted by Gasteiger charge is -2.20. The fourth-order valence-electron chi connectivity index (χ4n) is 4.46. The standard InChI is InChI=1S/C19H17FN8O2/c1-26-8-22-18-16(26)19(29)28(9-23-18)7-14-24-17(25-30-14)15-11-5-27(6-12(11)15)13-4-10(20)2-3-21-13/h2-4,8-9,11-12,15H,5-7H2,1H3/t11-,12+,15+. The third-order valence-electron chi connectivity index (χ3n) is 6.01. The number of piperidine rings is 1. The smallest absolute Gasteiger partial charge is 0.280 e. The molecule has 0 radical (unpaired) electrons. The van der Waals surface area contributed by atoms with E-state index in [1.807, 2.05) is 0 Å². The van der Waals surface area contributed by atoms with Crippen molar-refractivity contribution in [2.45, 2.75) is 12.5 Å². The number of imidazole rings is 1. The molecule has 152 valence electrons. The van der Waals surface area contributed by atoms with E-state index in [9.17, 15) is 9.18 Å². The molecule has 0 amide bonds. The van der Waals surface area contributed by atoms with Gasteiger partial charge in [-0.25, -0.2) is 19.3 Å². The number of nitrogens with zero attached hydrogens (tertiary/aromatic N) is 8. The Kier molecular flexibility index (Phi) is 3.55. The van der Waals surface area contributed by atoms with Crippen LogP contribution in [0.4, 0.5) is 10.2 Å². The number of anilines is 1. The molecule has 11 heteroatoms. The molecule has 30 heavy (non-hydrogen) atoms. The van der Waals surface area contributed by atoms with Crippen LogP contribution < -0.4 is 10.5 Å². The van der Waals surface area contributed by atoms with E-state index in [0.717, 1.165) is 13.1 Å². The maximum Gasteiger partial charge on any atom is 0.280 e. The van der Waals surface area contributed by atoms with Crippen LogP contribution in [0.1, 0.15) is 17.6 Å². The van der Waals surface area contributed by atoms with E-state index in [1.54, 1.807) is 17.9 Å². The van der Waals surface area contributed by atoms with Crippen LogP contribution in [0.25, 0.3) is 11.2 Å². The molecule has 4 aromatic heterocycles. The van der Waals surface area contributed by atoms with Crippen LogP contribution in [0.2, 0.25) is 0 Å². The predicted molar refractivity (Wildman–Crippen MR) is 102 cm³/mol. The van der Waals surface area contributed by atoms with Gasteiger partial charge in [-0.1, -0.05) is 5.16 Å². The number of fused-ring (bicyclic) bond motifs is 2. The average molecular weight is 408 g/mol. The highest BCUT2D eigenvalue weighted by atomic mass is 19.1. The topological polar surface area (TPSA) is 108 Å². The normalized spacial score (nSPS) is 22.6. The van der Waals surface area contributed by atoms with Crippen molar-refractivity contribution in [2.75, 3.05) is 18.0 Å². The highest BCUT2D eigenvalue weighted by Crippen LogP contribution is 2.57. The summed E-state index contributed by atoms with van der Waals surface area (Å²) in [6.45, 7) is 1.73. The Morgan fingerprint density at radius 2 is 2.00 bits per heavy atom. The first-order valence-corrected chi connectivity index (χ1v) is 9.64. The van der Waals surface area contributed by atoms with Gasteiger partial charge in [0.2, 0.25) is 5.89 Å². The summed E-state index contributed by atoms with van der Waals surface area (Å²) in [5.41, 5.74) is 0.634. The van der Waals surface area contributed by atoms with Gasteiger partial charge >= 0.3 is 0 Å². The highest BCUT2D eigenvalue weighted by molar-refractivity contribution is 5.68. The van der Waals surface area contributed by atoms with Crippen LogP contribution in [-0.4, -0.2) is 47.3 Å². The van der Waals surface area contributed by atoms with Gasteiger partial charge in [-0.15, -0.1) is 0 Å². The van der Waals surface area contributed by atoms with Crippen molar-refractivity contribution in [3.8, 4) is 0 Å². The van der Waals surface area contributed by atoms with E-state index < -0.39 is 0 Å². The van der Waals surface area contributed by atoms with Crippen molar-refractivity contribution in [1.82, 2.24) is 34.2 Å². The monoisotopic (exact) mass is 408 g/mol. The molecule has 1 saturated heterocycles. The zero-order valence-corrected chi connectivity index (χ0v) is 16.0. The summed E-state index contributed by atoms with van der Waals surface area (Å²) >= 11 is 0. The van der Waals surface area contributed by atoms with Crippen LogP contribution in [0.15, 0.2) is 40.3 Å². The van der Waals surface area contributed by atoms with Crippen molar-refractivity contribution >= 4 is 17.0 Å². The first-order valence-electron chi connectivity index (χ1n) is 9.64. The van der Waals surface area contributed by atoms with Gasteiger partial charge in [0.1, 0.15) is 24.5 Å². The maximum atomic E-state index is 13.4. The second-order valence-corrected chi connectivity index (χ2v) is 7.84. The molecule has 0 spiro atoms. The van der Waals surface area contributed by atoms with E-state index >= 15 is 0 Å². The minimum Gasteiger partial charge on any atom is -0.356 e. The lowest BCUT2D eigenvalue weighted by Crippen LogP contribution is -2.24. The molecule has 2 fully saturated rings. The van der Waals surface area contributed by atoms with Crippen LogP contribution in [-0.2, 0) is 13.6 Å².